The van der Waals surface area contributed by atoms with E-state index in [1.54, 1.807) is 19.1 Å². The lowest BCUT2D eigenvalue weighted by Gasteiger charge is -2.14. The smallest absolute Gasteiger partial charge is 0.189 e. The number of benzene rings is 2. The molecule has 5 rings (SSSR count). The van der Waals surface area contributed by atoms with Gasteiger partial charge in [-0.25, -0.2) is 14.4 Å². The number of anilines is 4. The Hall–Kier alpha value is -3.10. The number of aryl methyl sites for hydroxylation is 1. The molecule has 0 aliphatic carbocycles. The van der Waals surface area contributed by atoms with E-state index in [0.29, 0.717) is 17.0 Å². The van der Waals surface area contributed by atoms with Crippen LogP contribution in [0.4, 0.5) is 26.7 Å². The normalized spacial score (nSPS) is 14.3. The lowest BCUT2D eigenvalue weighted by atomic mass is 10.2. The molecule has 0 atom stereocenters. The fourth-order valence-corrected chi connectivity index (χ4v) is 4.66. The second kappa shape index (κ2) is 8.56. The molecule has 0 radical (unpaired) electrons. The van der Waals surface area contributed by atoms with E-state index in [-0.39, 0.29) is 5.82 Å². The van der Waals surface area contributed by atoms with Crippen LogP contribution in [-0.2, 0) is 6.54 Å². The van der Waals surface area contributed by atoms with Crippen molar-refractivity contribution in [1.29, 1.82) is 0 Å². The van der Waals surface area contributed by atoms with E-state index in [0.717, 1.165) is 27.8 Å². The number of aromatic nitrogens is 3. The second-order valence-corrected chi connectivity index (χ2v) is 8.79. The average Bonchev–Trinajstić information content (AvgIpc) is 3.42. The van der Waals surface area contributed by atoms with Gasteiger partial charge in [-0.15, -0.1) is 0 Å². The summed E-state index contributed by atoms with van der Waals surface area (Å²) in [6.45, 7) is 5.14. The Morgan fingerprint density at radius 2 is 1.77 bits per heavy atom. The van der Waals surface area contributed by atoms with Crippen molar-refractivity contribution < 1.29 is 4.39 Å². The number of hydrogen-bond acceptors (Lipinski definition) is 7. The van der Waals surface area contributed by atoms with Crippen LogP contribution in [0.5, 0.6) is 0 Å². The monoisotopic (exact) mass is 434 g/mol. The first-order valence-corrected chi connectivity index (χ1v) is 11.2. The van der Waals surface area contributed by atoms with Crippen molar-refractivity contribution in [2.45, 2.75) is 26.3 Å². The van der Waals surface area contributed by atoms with Crippen LogP contribution >= 0.6 is 11.3 Å². The second-order valence-electron chi connectivity index (χ2n) is 7.79. The number of likely N-dealkylation sites (tertiary alicyclic amines) is 1. The Kier molecular flexibility index (Phi) is 5.48. The van der Waals surface area contributed by atoms with Gasteiger partial charge >= 0.3 is 0 Å². The van der Waals surface area contributed by atoms with Crippen molar-refractivity contribution in [3.8, 4) is 0 Å². The minimum absolute atomic E-state index is 0.228. The lowest BCUT2D eigenvalue weighted by Crippen LogP contribution is -2.18. The molecule has 2 aromatic carbocycles. The minimum atomic E-state index is -0.228. The maximum Gasteiger partial charge on any atom is 0.189 e. The Bertz CT molecular complexity index is 1200. The zero-order valence-corrected chi connectivity index (χ0v) is 18.0. The van der Waals surface area contributed by atoms with Gasteiger partial charge in [-0.1, -0.05) is 23.5 Å². The lowest BCUT2D eigenvalue weighted by molar-refractivity contribution is 0.331. The summed E-state index contributed by atoms with van der Waals surface area (Å²) in [4.78, 5) is 15.7. The van der Waals surface area contributed by atoms with Crippen LogP contribution in [0.1, 0.15) is 24.0 Å². The fourth-order valence-electron chi connectivity index (χ4n) is 3.77. The maximum absolute atomic E-state index is 13.6. The largest absolute Gasteiger partial charge is 0.339 e. The summed E-state index contributed by atoms with van der Waals surface area (Å²) in [5.74, 6) is 0.427. The third-order valence-corrected chi connectivity index (χ3v) is 6.39. The topological polar surface area (TPSA) is 66.0 Å². The highest BCUT2D eigenvalue weighted by Crippen LogP contribution is 2.33. The summed E-state index contributed by atoms with van der Waals surface area (Å²) >= 11 is 1.48. The third kappa shape index (κ3) is 4.50. The molecule has 6 nitrogen and oxygen atoms in total. The zero-order valence-electron chi connectivity index (χ0n) is 17.2. The highest BCUT2D eigenvalue weighted by atomic mass is 32.1. The highest BCUT2D eigenvalue weighted by molar-refractivity contribution is 7.22. The van der Waals surface area contributed by atoms with E-state index >= 15 is 0 Å². The van der Waals surface area contributed by atoms with E-state index in [9.17, 15) is 4.39 Å². The molecule has 2 N–H and O–H groups in total. The molecular weight excluding hydrogens is 411 g/mol. The SMILES string of the molecule is Cc1cc(Nc2ncnc3nc(Nc4ccc(CN5CCCC5)cc4)sc23)ccc1F. The van der Waals surface area contributed by atoms with Gasteiger partial charge in [0.05, 0.1) is 0 Å². The van der Waals surface area contributed by atoms with Crippen LogP contribution in [0.2, 0.25) is 0 Å². The fraction of sp³-hybridized carbons (Fsp3) is 0.261. The van der Waals surface area contributed by atoms with E-state index in [1.807, 2.05) is 0 Å². The van der Waals surface area contributed by atoms with Gasteiger partial charge in [0, 0.05) is 17.9 Å². The summed E-state index contributed by atoms with van der Waals surface area (Å²) in [6.07, 6.45) is 4.09. The molecule has 1 aliphatic heterocycles. The Labute approximate surface area is 184 Å². The predicted octanol–water partition coefficient (Wildman–Crippen LogP) is 5.62. The molecule has 31 heavy (non-hydrogen) atoms. The molecule has 158 valence electrons. The first-order valence-electron chi connectivity index (χ1n) is 10.4. The van der Waals surface area contributed by atoms with Gasteiger partial charge in [0.15, 0.2) is 16.6 Å². The van der Waals surface area contributed by atoms with Crippen molar-refractivity contribution in [3.63, 3.8) is 0 Å². The molecule has 1 saturated heterocycles. The number of nitrogens with zero attached hydrogens (tertiary/aromatic N) is 4. The first-order chi connectivity index (χ1) is 15.1. The summed E-state index contributed by atoms with van der Waals surface area (Å²) in [7, 11) is 0. The van der Waals surface area contributed by atoms with Gasteiger partial charge in [0.2, 0.25) is 0 Å². The summed E-state index contributed by atoms with van der Waals surface area (Å²) < 4.78 is 14.4. The number of thiazole rings is 1. The molecule has 4 aromatic rings. The molecule has 1 aliphatic rings. The minimum Gasteiger partial charge on any atom is -0.339 e. The summed E-state index contributed by atoms with van der Waals surface area (Å²) in [6, 6.07) is 13.4. The number of halogens is 1. The zero-order chi connectivity index (χ0) is 21.2. The highest BCUT2D eigenvalue weighted by Gasteiger charge is 2.13. The van der Waals surface area contributed by atoms with Crippen LogP contribution in [0.25, 0.3) is 10.3 Å². The van der Waals surface area contributed by atoms with Gasteiger partial charge in [-0.05, 0) is 74.3 Å². The molecule has 0 bridgehead atoms. The Balaban J connectivity index is 1.32. The van der Waals surface area contributed by atoms with E-state index < -0.39 is 0 Å². The van der Waals surface area contributed by atoms with Crippen molar-refractivity contribution in [1.82, 2.24) is 19.9 Å². The summed E-state index contributed by atoms with van der Waals surface area (Å²) in [5.41, 5.74) is 4.28. The molecule has 0 spiro atoms. The number of nitrogens with one attached hydrogen (secondary N) is 2. The van der Waals surface area contributed by atoms with Crippen LogP contribution < -0.4 is 10.6 Å². The van der Waals surface area contributed by atoms with Gasteiger partial charge < -0.3 is 10.6 Å². The number of hydrogen-bond donors (Lipinski definition) is 2. The van der Waals surface area contributed by atoms with Crippen LogP contribution in [0.15, 0.2) is 48.8 Å². The molecule has 1 fully saturated rings. The van der Waals surface area contributed by atoms with Crippen LogP contribution in [0.3, 0.4) is 0 Å². The third-order valence-electron chi connectivity index (χ3n) is 5.42. The Morgan fingerprint density at radius 1 is 1.00 bits per heavy atom. The average molecular weight is 435 g/mol. The molecule has 8 heteroatoms. The molecule has 0 unspecified atom stereocenters. The van der Waals surface area contributed by atoms with Gasteiger partial charge in [0.25, 0.3) is 0 Å². The standard InChI is InChI=1S/C23H23FN6S/c1-15-12-18(8-9-19(15)24)27-21-20-22(26-14-25-21)29-23(31-20)28-17-6-4-16(5-7-17)13-30-10-2-3-11-30/h4-9,12,14H,2-3,10-11,13H2,1H3,(H2,25,26,27,28,29). The van der Waals surface area contributed by atoms with E-state index in [1.165, 1.54) is 55.2 Å². The quantitative estimate of drug-likeness (QED) is 0.411. The number of rotatable bonds is 6. The van der Waals surface area contributed by atoms with Crippen molar-refractivity contribution in [3.05, 3.63) is 65.7 Å². The molecule has 2 aromatic heterocycles. The van der Waals surface area contributed by atoms with Crippen LogP contribution in [0, 0.1) is 12.7 Å². The molecule has 3 heterocycles. The number of fused-ring (bicyclic) bond motifs is 1. The van der Waals surface area contributed by atoms with Crippen molar-refractivity contribution in [2.24, 2.45) is 0 Å². The first kappa shape index (κ1) is 19.8. The van der Waals surface area contributed by atoms with E-state index in [4.69, 9.17) is 0 Å². The van der Waals surface area contributed by atoms with E-state index in [2.05, 4.69) is 54.8 Å². The molecule has 0 amide bonds. The molecule has 0 saturated carbocycles. The van der Waals surface area contributed by atoms with Crippen molar-refractivity contribution in [2.75, 3.05) is 23.7 Å². The Morgan fingerprint density at radius 3 is 2.55 bits per heavy atom. The van der Waals surface area contributed by atoms with Gasteiger partial charge in [-0.3, -0.25) is 4.90 Å². The summed E-state index contributed by atoms with van der Waals surface area (Å²) in [5, 5.41) is 7.38. The predicted molar refractivity (Wildman–Crippen MR) is 124 cm³/mol. The van der Waals surface area contributed by atoms with Crippen LogP contribution in [-0.4, -0.2) is 32.9 Å². The van der Waals surface area contributed by atoms with Gasteiger partial charge in [-0.2, -0.15) is 4.98 Å². The molecular formula is C23H23FN6S. The maximum atomic E-state index is 13.6. The van der Waals surface area contributed by atoms with Crippen molar-refractivity contribution >= 4 is 44.0 Å². The van der Waals surface area contributed by atoms with Gasteiger partial charge in [0.1, 0.15) is 16.8 Å².